The average Bonchev–Trinajstić information content (AvgIpc) is 3.23. The fourth-order valence-electron chi connectivity index (χ4n) is 7.33. The second-order valence-electron chi connectivity index (χ2n) is 18.2. The second-order valence-corrected chi connectivity index (χ2v) is 20.7. The van der Waals surface area contributed by atoms with Crippen molar-refractivity contribution in [2.45, 2.75) is 91.3 Å². The molecule has 0 fully saturated rings. The number of halogens is 4. The molecule has 0 aliphatic rings. The van der Waals surface area contributed by atoms with Gasteiger partial charge in [0.1, 0.15) is 23.0 Å². The quantitative estimate of drug-likeness (QED) is 0.0763. The van der Waals surface area contributed by atoms with Crippen LogP contribution in [-0.2, 0) is 15.6 Å². The van der Waals surface area contributed by atoms with Crippen LogP contribution in [0.5, 0.6) is 34.5 Å². The van der Waals surface area contributed by atoms with Crippen LogP contribution in [0.1, 0.15) is 103 Å². The molecule has 6 rings (SSSR count). The minimum absolute atomic E-state index is 0.355. The molecule has 0 saturated carbocycles. The molecule has 0 aromatic heterocycles. The maximum absolute atomic E-state index is 7.60. The summed E-state index contributed by atoms with van der Waals surface area (Å²) >= 11 is 21.5. The molecule has 0 spiro atoms. The third-order valence-corrected chi connectivity index (χ3v) is 12.6. The summed E-state index contributed by atoms with van der Waals surface area (Å²) in [4.78, 5) is 0. The largest absolute Gasteiger partial charge is 0.491 e. The van der Waals surface area contributed by atoms with Crippen LogP contribution < -0.4 is 18.9 Å². The summed E-state index contributed by atoms with van der Waals surface area (Å²) in [5, 5.41) is 1.12. The van der Waals surface area contributed by atoms with Crippen molar-refractivity contribution >= 4 is 55.1 Å². The Kier molecular flexibility index (Phi) is 16.8. The first-order valence-corrected chi connectivity index (χ1v) is 23.9. The molecule has 0 N–H and O–H groups in total. The molecule has 2 atom stereocenters. The van der Waals surface area contributed by atoms with Gasteiger partial charge in [-0.05, 0) is 162 Å². The van der Waals surface area contributed by atoms with Gasteiger partial charge < -0.3 is 23.7 Å². The zero-order chi connectivity index (χ0) is 45.3. The number of ether oxygens (including phenoxy) is 5. The SMILES string of the molecule is CC(C)COc1c(Cl)cc(C(C)(C)CC(OC(CC(C)(C)c2cc(Cl)c(OCC(C)C)c(Br)c2)c2cccc(Oc3ccccc3)c2)c2cccc(Oc3ccccc3)c2)cc1Br. The number of hydrogen-bond donors (Lipinski definition) is 0. The van der Waals surface area contributed by atoms with E-state index in [4.69, 9.17) is 46.9 Å². The van der Waals surface area contributed by atoms with Crippen molar-refractivity contribution in [3.05, 3.63) is 175 Å². The summed E-state index contributed by atoms with van der Waals surface area (Å²) in [5.41, 5.74) is 3.22. The third kappa shape index (κ3) is 13.5. The Morgan fingerprint density at radius 1 is 0.476 bits per heavy atom. The van der Waals surface area contributed by atoms with Crippen LogP contribution in [0.2, 0.25) is 10.0 Å². The Morgan fingerprint density at radius 2 is 0.841 bits per heavy atom. The van der Waals surface area contributed by atoms with E-state index in [1.807, 2.05) is 97.1 Å². The summed E-state index contributed by atoms with van der Waals surface area (Å²) in [7, 11) is 0. The standard InChI is InChI=1S/C54H58Br2Cl2O5/c1-35(2)33-59-51-45(55)27-39(29-47(51)57)53(5,6)31-49(37-17-15-23-43(25-37)61-41-19-11-9-12-20-41)63-50(38-18-16-24-44(26-38)62-42-21-13-10-14-22-42)32-54(7,8)40-28-46(56)52(48(58)30-40)60-34-36(3)4/h9-30,35-36,49-50H,31-34H2,1-8H3. The first-order valence-electron chi connectivity index (χ1n) is 21.5. The highest BCUT2D eigenvalue weighted by Gasteiger charge is 2.34. The second kappa shape index (κ2) is 21.8. The molecule has 63 heavy (non-hydrogen) atoms. The predicted molar refractivity (Wildman–Crippen MR) is 267 cm³/mol. The van der Waals surface area contributed by atoms with E-state index in [-0.39, 0.29) is 0 Å². The Hall–Kier alpha value is -3.98. The maximum Gasteiger partial charge on any atom is 0.152 e. The minimum Gasteiger partial charge on any atom is -0.491 e. The van der Waals surface area contributed by atoms with Crippen molar-refractivity contribution in [1.29, 1.82) is 0 Å². The number of para-hydroxylation sites is 2. The van der Waals surface area contributed by atoms with Crippen molar-refractivity contribution in [2.75, 3.05) is 13.2 Å². The zero-order valence-electron chi connectivity index (χ0n) is 37.4. The Labute approximate surface area is 401 Å². The van der Waals surface area contributed by atoms with Gasteiger partial charge in [-0.15, -0.1) is 0 Å². The fourth-order valence-corrected chi connectivity index (χ4v) is 9.26. The van der Waals surface area contributed by atoms with Gasteiger partial charge in [0.25, 0.3) is 0 Å². The predicted octanol–water partition coefficient (Wildman–Crippen LogP) is 17.7. The van der Waals surface area contributed by atoms with E-state index >= 15 is 0 Å². The first kappa shape index (κ1) is 48.5. The smallest absolute Gasteiger partial charge is 0.152 e. The van der Waals surface area contributed by atoms with E-state index in [2.05, 4.69) is 124 Å². The highest BCUT2D eigenvalue weighted by atomic mass is 79.9. The Bertz CT molecular complexity index is 2200. The van der Waals surface area contributed by atoms with Gasteiger partial charge in [0.05, 0.1) is 44.4 Å². The molecule has 0 amide bonds. The van der Waals surface area contributed by atoms with E-state index < -0.39 is 23.0 Å². The monoisotopic (exact) mass is 1010 g/mol. The highest BCUT2D eigenvalue weighted by Crippen LogP contribution is 2.47. The van der Waals surface area contributed by atoms with Gasteiger partial charge in [0, 0.05) is 0 Å². The molecular formula is C54H58Br2Cl2O5. The van der Waals surface area contributed by atoms with Gasteiger partial charge >= 0.3 is 0 Å². The van der Waals surface area contributed by atoms with Crippen LogP contribution in [0, 0.1) is 11.8 Å². The molecule has 0 aliphatic heterocycles. The number of rotatable bonds is 20. The third-order valence-electron chi connectivity index (χ3n) is 10.8. The molecule has 332 valence electrons. The topological polar surface area (TPSA) is 46.2 Å². The summed E-state index contributed by atoms with van der Waals surface area (Å²) < 4.78 is 34.3. The van der Waals surface area contributed by atoms with Crippen LogP contribution in [-0.4, -0.2) is 13.2 Å². The summed E-state index contributed by atoms with van der Waals surface area (Å²) in [6, 6.07) is 44.4. The van der Waals surface area contributed by atoms with Crippen LogP contribution >= 0.6 is 55.1 Å². The van der Waals surface area contributed by atoms with Crippen molar-refractivity contribution < 1.29 is 23.7 Å². The summed E-state index contributed by atoms with van der Waals surface area (Å²) in [5.74, 6) is 4.96. The van der Waals surface area contributed by atoms with Gasteiger partial charge in [0.2, 0.25) is 0 Å². The number of hydrogen-bond acceptors (Lipinski definition) is 5. The lowest BCUT2D eigenvalue weighted by molar-refractivity contribution is -0.0413. The van der Waals surface area contributed by atoms with E-state index in [0.29, 0.717) is 59.4 Å². The molecule has 5 nitrogen and oxygen atoms in total. The molecule has 6 aromatic rings. The van der Waals surface area contributed by atoms with Gasteiger partial charge in [-0.1, -0.05) is 139 Å². The fraction of sp³-hybridized carbons (Fsp3) is 0.333. The van der Waals surface area contributed by atoms with Gasteiger partial charge in [-0.2, -0.15) is 0 Å². The molecule has 0 heterocycles. The van der Waals surface area contributed by atoms with Gasteiger partial charge in [-0.25, -0.2) is 0 Å². The van der Waals surface area contributed by atoms with E-state index in [9.17, 15) is 0 Å². The van der Waals surface area contributed by atoms with Crippen LogP contribution in [0.15, 0.2) is 142 Å². The van der Waals surface area contributed by atoms with Crippen molar-refractivity contribution in [3.63, 3.8) is 0 Å². The lowest BCUT2D eigenvalue weighted by Gasteiger charge is -2.36. The van der Waals surface area contributed by atoms with Crippen molar-refractivity contribution in [1.82, 2.24) is 0 Å². The Balaban J connectivity index is 1.43. The minimum atomic E-state index is -0.424. The van der Waals surface area contributed by atoms with E-state index in [0.717, 1.165) is 54.2 Å². The number of benzene rings is 6. The normalized spacial score (nSPS) is 12.9. The molecule has 0 bridgehead atoms. The Morgan fingerprint density at radius 3 is 1.19 bits per heavy atom. The van der Waals surface area contributed by atoms with Crippen LogP contribution in [0.25, 0.3) is 0 Å². The summed E-state index contributed by atoms with van der Waals surface area (Å²) in [6.07, 6.45) is 0.395. The molecule has 2 unspecified atom stereocenters. The van der Waals surface area contributed by atoms with Crippen molar-refractivity contribution in [2.24, 2.45) is 11.8 Å². The summed E-state index contributed by atoms with van der Waals surface area (Å²) in [6.45, 7) is 18.5. The average molecular weight is 1020 g/mol. The van der Waals surface area contributed by atoms with E-state index in [1.54, 1.807) is 0 Å². The first-order chi connectivity index (χ1) is 30.0. The molecule has 0 aliphatic carbocycles. The lowest BCUT2D eigenvalue weighted by Crippen LogP contribution is -2.27. The molecular weight excluding hydrogens is 959 g/mol. The molecule has 0 saturated heterocycles. The van der Waals surface area contributed by atoms with Crippen LogP contribution in [0.3, 0.4) is 0 Å². The van der Waals surface area contributed by atoms with E-state index in [1.165, 1.54) is 0 Å². The van der Waals surface area contributed by atoms with Gasteiger partial charge in [-0.3, -0.25) is 0 Å². The maximum atomic E-state index is 7.60. The molecule has 6 aromatic carbocycles. The molecule has 9 heteroatoms. The van der Waals surface area contributed by atoms with Gasteiger partial charge in [0.15, 0.2) is 11.5 Å². The zero-order valence-corrected chi connectivity index (χ0v) is 42.1. The molecule has 0 radical (unpaired) electrons. The lowest BCUT2D eigenvalue weighted by atomic mass is 9.77. The highest BCUT2D eigenvalue weighted by molar-refractivity contribution is 9.11. The van der Waals surface area contributed by atoms with Crippen LogP contribution in [0.4, 0.5) is 0 Å². The van der Waals surface area contributed by atoms with Crippen molar-refractivity contribution in [3.8, 4) is 34.5 Å².